The van der Waals surface area contributed by atoms with Crippen molar-refractivity contribution in [2.24, 2.45) is 0 Å². The molecule has 172 valence electrons. The number of sulfonamides is 1. The first-order valence-corrected chi connectivity index (χ1v) is 12.6. The number of amides is 1. The van der Waals surface area contributed by atoms with E-state index < -0.39 is 10.0 Å². The highest BCUT2D eigenvalue weighted by Gasteiger charge is 2.31. The number of hydrogen-bond acceptors (Lipinski definition) is 5. The second-order valence-electron chi connectivity index (χ2n) is 8.67. The van der Waals surface area contributed by atoms with Crippen molar-refractivity contribution in [3.63, 3.8) is 0 Å². The lowest BCUT2D eigenvalue weighted by Crippen LogP contribution is -2.35. The standard InChI is InChI=1S/C24H31N3O4S/c1-18-4-6-19(7-5-18)17-26-12-3-13-27(15-14-26)24(28)20-8-11-22(31-2)23(16-20)32(29,30)25-21-9-10-21/h4-8,11,16,21,25H,3,9-10,12-15,17H2,1-2H3. The Bertz CT molecular complexity index is 1070. The number of hydrogen-bond donors (Lipinski definition) is 1. The van der Waals surface area contributed by atoms with Gasteiger partial charge in [-0.15, -0.1) is 0 Å². The maximum Gasteiger partial charge on any atom is 0.253 e. The molecule has 1 amide bonds. The van der Waals surface area contributed by atoms with Gasteiger partial charge in [0.25, 0.3) is 5.91 Å². The highest BCUT2D eigenvalue weighted by molar-refractivity contribution is 7.89. The zero-order chi connectivity index (χ0) is 22.7. The maximum absolute atomic E-state index is 13.2. The molecule has 1 aliphatic heterocycles. The summed E-state index contributed by atoms with van der Waals surface area (Å²) < 4.78 is 33.5. The van der Waals surface area contributed by atoms with Gasteiger partial charge >= 0.3 is 0 Å². The lowest BCUT2D eigenvalue weighted by molar-refractivity contribution is 0.0761. The lowest BCUT2D eigenvalue weighted by Gasteiger charge is -2.22. The van der Waals surface area contributed by atoms with Crippen LogP contribution in [0.2, 0.25) is 0 Å². The molecule has 0 spiro atoms. The third kappa shape index (κ3) is 5.49. The quantitative estimate of drug-likeness (QED) is 0.692. The number of benzene rings is 2. The van der Waals surface area contributed by atoms with Crippen molar-refractivity contribution in [3.8, 4) is 5.75 Å². The molecule has 1 N–H and O–H groups in total. The summed E-state index contributed by atoms with van der Waals surface area (Å²) in [5.41, 5.74) is 2.88. The minimum atomic E-state index is -3.73. The molecule has 1 aliphatic carbocycles. The number of carbonyl (C=O) groups is 1. The molecular formula is C24H31N3O4S. The zero-order valence-electron chi connectivity index (χ0n) is 18.7. The van der Waals surface area contributed by atoms with E-state index in [2.05, 4.69) is 40.8 Å². The van der Waals surface area contributed by atoms with E-state index in [1.54, 1.807) is 12.1 Å². The van der Waals surface area contributed by atoms with E-state index in [0.29, 0.717) is 18.7 Å². The summed E-state index contributed by atoms with van der Waals surface area (Å²) >= 11 is 0. The average molecular weight is 458 g/mol. The summed E-state index contributed by atoms with van der Waals surface area (Å²) in [6.07, 6.45) is 2.56. The normalized spacial score (nSPS) is 17.8. The van der Waals surface area contributed by atoms with E-state index in [1.807, 2.05) is 4.90 Å². The van der Waals surface area contributed by atoms with Crippen LogP contribution in [0.1, 0.15) is 40.7 Å². The van der Waals surface area contributed by atoms with Crippen LogP contribution in [-0.4, -0.2) is 63.5 Å². The van der Waals surface area contributed by atoms with Gasteiger partial charge in [-0.25, -0.2) is 13.1 Å². The molecule has 0 bridgehead atoms. The van der Waals surface area contributed by atoms with Gasteiger partial charge in [-0.2, -0.15) is 0 Å². The first-order chi connectivity index (χ1) is 15.4. The molecule has 0 radical (unpaired) electrons. The largest absolute Gasteiger partial charge is 0.495 e. The Morgan fingerprint density at radius 3 is 2.50 bits per heavy atom. The van der Waals surface area contributed by atoms with Gasteiger partial charge in [0.2, 0.25) is 10.0 Å². The highest BCUT2D eigenvalue weighted by Crippen LogP contribution is 2.29. The number of ether oxygens (including phenoxy) is 1. The second-order valence-corrected chi connectivity index (χ2v) is 10.4. The Labute approximate surface area is 190 Å². The molecule has 7 nitrogen and oxygen atoms in total. The number of methoxy groups -OCH3 is 1. The van der Waals surface area contributed by atoms with Gasteiger partial charge < -0.3 is 9.64 Å². The second kappa shape index (κ2) is 9.60. The number of carbonyl (C=O) groups excluding carboxylic acids is 1. The predicted molar refractivity (Wildman–Crippen MR) is 123 cm³/mol. The molecule has 1 saturated heterocycles. The van der Waals surface area contributed by atoms with Crippen LogP contribution >= 0.6 is 0 Å². The Kier molecular flexibility index (Phi) is 6.83. The summed E-state index contributed by atoms with van der Waals surface area (Å²) in [5, 5.41) is 0. The van der Waals surface area contributed by atoms with E-state index in [4.69, 9.17) is 4.74 Å². The smallest absolute Gasteiger partial charge is 0.253 e. The third-order valence-electron chi connectivity index (χ3n) is 6.00. The molecule has 0 atom stereocenters. The Morgan fingerprint density at radius 2 is 1.81 bits per heavy atom. The Balaban J connectivity index is 1.45. The molecule has 0 aromatic heterocycles. The van der Waals surface area contributed by atoms with Gasteiger partial charge in [-0.3, -0.25) is 9.69 Å². The molecule has 4 rings (SSSR count). The molecule has 2 aromatic carbocycles. The number of aryl methyl sites for hydroxylation is 1. The maximum atomic E-state index is 13.2. The van der Waals surface area contributed by atoms with Crippen LogP contribution < -0.4 is 9.46 Å². The van der Waals surface area contributed by atoms with Crippen LogP contribution in [-0.2, 0) is 16.6 Å². The van der Waals surface area contributed by atoms with E-state index in [-0.39, 0.29) is 22.6 Å². The van der Waals surface area contributed by atoms with Gasteiger partial charge in [0.1, 0.15) is 10.6 Å². The Hall–Kier alpha value is -2.42. The Morgan fingerprint density at radius 1 is 1.06 bits per heavy atom. The van der Waals surface area contributed by atoms with Crippen molar-refractivity contribution in [2.45, 2.75) is 43.7 Å². The fraction of sp³-hybridized carbons (Fsp3) is 0.458. The van der Waals surface area contributed by atoms with Gasteiger partial charge in [0, 0.05) is 44.3 Å². The number of nitrogens with zero attached hydrogens (tertiary/aromatic N) is 2. The average Bonchev–Trinajstić information content (AvgIpc) is 3.61. The van der Waals surface area contributed by atoms with Gasteiger partial charge in [-0.05, 0) is 49.9 Å². The summed E-state index contributed by atoms with van der Waals surface area (Å²) in [6.45, 7) is 5.91. The third-order valence-corrected chi connectivity index (χ3v) is 7.54. The molecule has 2 aliphatic rings. The van der Waals surface area contributed by atoms with Crippen molar-refractivity contribution in [1.82, 2.24) is 14.5 Å². The van der Waals surface area contributed by atoms with Crippen LogP contribution in [0.3, 0.4) is 0 Å². The summed E-state index contributed by atoms with van der Waals surface area (Å²) in [7, 11) is -2.30. The number of rotatable bonds is 7. The van der Waals surface area contributed by atoms with Crippen molar-refractivity contribution in [2.75, 3.05) is 33.3 Å². The van der Waals surface area contributed by atoms with Crippen LogP contribution in [0.5, 0.6) is 5.75 Å². The molecule has 0 unspecified atom stereocenters. The van der Waals surface area contributed by atoms with Crippen LogP contribution in [0.25, 0.3) is 0 Å². The van der Waals surface area contributed by atoms with E-state index >= 15 is 0 Å². The summed E-state index contributed by atoms with van der Waals surface area (Å²) in [5.74, 6) is 0.0996. The van der Waals surface area contributed by atoms with E-state index in [0.717, 1.165) is 38.9 Å². The first-order valence-electron chi connectivity index (χ1n) is 11.1. The predicted octanol–water partition coefficient (Wildman–Crippen LogP) is 2.79. The minimum Gasteiger partial charge on any atom is -0.495 e. The SMILES string of the molecule is COc1ccc(C(=O)N2CCCN(Cc3ccc(C)cc3)CC2)cc1S(=O)(=O)NC1CC1. The zero-order valence-corrected chi connectivity index (χ0v) is 19.5. The first kappa shape index (κ1) is 22.8. The minimum absolute atomic E-state index is 0.0193. The number of nitrogens with one attached hydrogen (secondary N) is 1. The van der Waals surface area contributed by atoms with Crippen LogP contribution in [0.4, 0.5) is 0 Å². The topological polar surface area (TPSA) is 79.0 Å². The molecule has 2 aromatic rings. The van der Waals surface area contributed by atoms with Crippen molar-refractivity contribution in [1.29, 1.82) is 0 Å². The molecular weight excluding hydrogens is 426 g/mol. The molecule has 2 fully saturated rings. The van der Waals surface area contributed by atoms with Crippen molar-refractivity contribution < 1.29 is 17.9 Å². The van der Waals surface area contributed by atoms with Crippen LogP contribution in [0, 0.1) is 6.92 Å². The van der Waals surface area contributed by atoms with Gasteiger partial charge in [0.15, 0.2) is 0 Å². The highest BCUT2D eigenvalue weighted by atomic mass is 32.2. The van der Waals surface area contributed by atoms with Crippen LogP contribution in [0.15, 0.2) is 47.4 Å². The molecule has 1 saturated carbocycles. The fourth-order valence-electron chi connectivity index (χ4n) is 3.97. The fourth-order valence-corrected chi connectivity index (χ4v) is 5.47. The van der Waals surface area contributed by atoms with E-state index in [9.17, 15) is 13.2 Å². The van der Waals surface area contributed by atoms with Crippen molar-refractivity contribution in [3.05, 3.63) is 59.2 Å². The molecule has 1 heterocycles. The van der Waals surface area contributed by atoms with Gasteiger partial charge in [-0.1, -0.05) is 29.8 Å². The molecule has 32 heavy (non-hydrogen) atoms. The summed E-state index contributed by atoms with van der Waals surface area (Å²) in [6, 6.07) is 13.2. The van der Waals surface area contributed by atoms with Gasteiger partial charge in [0.05, 0.1) is 7.11 Å². The lowest BCUT2D eigenvalue weighted by atomic mass is 10.1. The van der Waals surface area contributed by atoms with Crippen molar-refractivity contribution >= 4 is 15.9 Å². The monoisotopic (exact) mass is 457 g/mol. The van der Waals surface area contributed by atoms with E-state index in [1.165, 1.54) is 24.3 Å². The molecule has 8 heteroatoms. The summed E-state index contributed by atoms with van der Waals surface area (Å²) in [4.78, 5) is 17.4.